The molecular weight excluding hydrogens is 403 g/mol. The molecule has 0 N–H and O–H groups in total. The molecule has 0 saturated heterocycles. The zero-order valence-corrected chi connectivity index (χ0v) is 18.2. The van der Waals surface area contributed by atoms with Gasteiger partial charge in [0.1, 0.15) is 5.66 Å². The molecule has 1 saturated carbocycles. The first kappa shape index (κ1) is 20.7. The van der Waals surface area contributed by atoms with Gasteiger partial charge in [0, 0.05) is 42.0 Å². The first-order valence-corrected chi connectivity index (χ1v) is 11.7. The van der Waals surface area contributed by atoms with Crippen LogP contribution in [0.25, 0.3) is 0 Å². The van der Waals surface area contributed by atoms with E-state index in [-0.39, 0.29) is 11.9 Å². The largest absolute Gasteiger partial charge is 0.309 e. The molecule has 0 aromatic heterocycles. The van der Waals surface area contributed by atoms with Gasteiger partial charge in [-0.25, -0.2) is 0 Å². The first-order chi connectivity index (χ1) is 14.2. The molecule has 1 atom stereocenters. The SMILES string of the molecule is O=C1c2ccccc2[C@@](c2ccccc2)(N(CCCl)CCCl)N1C1CCCCC1. The van der Waals surface area contributed by atoms with E-state index in [1.807, 2.05) is 24.3 Å². The van der Waals surface area contributed by atoms with E-state index in [4.69, 9.17) is 23.2 Å². The second-order valence-electron chi connectivity index (χ2n) is 7.92. The van der Waals surface area contributed by atoms with Crippen molar-refractivity contribution in [1.29, 1.82) is 0 Å². The fourth-order valence-electron chi connectivity index (χ4n) is 5.26. The second-order valence-corrected chi connectivity index (χ2v) is 8.67. The van der Waals surface area contributed by atoms with Crippen LogP contribution in [0.3, 0.4) is 0 Å². The van der Waals surface area contributed by atoms with Gasteiger partial charge in [-0.05, 0) is 24.5 Å². The highest BCUT2D eigenvalue weighted by Gasteiger charge is 2.56. The number of rotatable bonds is 7. The minimum atomic E-state index is -0.666. The van der Waals surface area contributed by atoms with E-state index in [1.54, 1.807) is 0 Å². The molecule has 5 heteroatoms. The van der Waals surface area contributed by atoms with Crippen molar-refractivity contribution >= 4 is 29.1 Å². The summed E-state index contributed by atoms with van der Waals surface area (Å²) in [5.74, 6) is 1.10. The van der Waals surface area contributed by atoms with Crippen molar-refractivity contribution < 1.29 is 4.79 Å². The van der Waals surface area contributed by atoms with Crippen molar-refractivity contribution in [2.45, 2.75) is 43.8 Å². The van der Waals surface area contributed by atoms with Gasteiger partial charge in [0.15, 0.2) is 0 Å². The Kier molecular flexibility index (Phi) is 6.48. The topological polar surface area (TPSA) is 23.6 Å². The second kappa shape index (κ2) is 9.07. The van der Waals surface area contributed by atoms with Gasteiger partial charge in [-0.3, -0.25) is 9.69 Å². The third-order valence-electron chi connectivity index (χ3n) is 6.38. The van der Waals surface area contributed by atoms with Gasteiger partial charge in [-0.15, -0.1) is 23.2 Å². The van der Waals surface area contributed by atoms with E-state index in [1.165, 1.54) is 19.3 Å². The summed E-state index contributed by atoms with van der Waals surface area (Å²) >= 11 is 12.5. The summed E-state index contributed by atoms with van der Waals surface area (Å²) < 4.78 is 0. The van der Waals surface area contributed by atoms with Crippen molar-refractivity contribution in [2.75, 3.05) is 24.8 Å². The molecule has 4 rings (SSSR count). The third-order valence-corrected chi connectivity index (χ3v) is 6.72. The van der Waals surface area contributed by atoms with Crippen molar-refractivity contribution in [2.24, 2.45) is 0 Å². The van der Waals surface area contributed by atoms with Crippen molar-refractivity contribution in [3.8, 4) is 0 Å². The predicted octanol–water partition coefficient (Wildman–Crippen LogP) is 5.46. The van der Waals surface area contributed by atoms with Crippen LogP contribution in [-0.4, -0.2) is 46.6 Å². The lowest BCUT2D eigenvalue weighted by Gasteiger charge is -2.51. The molecule has 29 heavy (non-hydrogen) atoms. The van der Waals surface area contributed by atoms with Gasteiger partial charge in [0.2, 0.25) is 0 Å². The Morgan fingerprint density at radius 2 is 1.52 bits per heavy atom. The quantitative estimate of drug-likeness (QED) is 0.544. The Labute approximate surface area is 183 Å². The highest BCUT2D eigenvalue weighted by atomic mass is 35.5. The minimum Gasteiger partial charge on any atom is -0.309 e. The average molecular weight is 431 g/mol. The molecule has 154 valence electrons. The molecular formula is C24H28Cl2N2O. The molecule has 1 fully saturated rings. The molecule has 0 radical (unpaired) electrons. The lowest BCUT2D eigenvalue weighted by Crippen LogP contribution is -2.61. The molecule has 1 amide bonds. The summed E-state index contributed by atoms with van der Waals surface area (Å²) in [6, 6.07) is 18.7. The number of fused-ring (bicyclic) bond motifs is 1. The highest BCUT2D eigenvalue weighted by Crippen LogP contribution is 2.49. The number of alkyl halides is 2. The van der Waals surface area contributed by atoms with Gasteiger partial charge in [0.25, 0.3) is 5.91 Å². The van der Waals surface area contributed by atoms with Gasteiger partial charge in [0.05, 0.1) is 0 Å². The lowest BCUT2D eigenvalue weighted by molar-refractivity contribution is -0.0321. The molecule has 2 aromatic rings. The van der Waals surface area contributed by atoms with Crippen LogP contribution in [0, 0.1) is 0 Å². The maximum atomic E-state index is 13.8. The van der Waals surface area contributed by atoms with Crippen LogP contribution < -0.4 is 0 Å². The Hall–Kier alpha value is -1.55. The Bertz CT molecular complexity index is 832. The third kappa shape index (κ3) is 3.48. The lowest BCUT2D eigenvalue weighted by atomic mass is 9.85. The van der Waals surface area contributed by atoms with Gasteiger partial charge < -0.3 is 4.90 Å². The number of carbonyl (C=O) groups is 1. The van der Waals surface area contributed by atoms with E-state index in [0.717, 1.165) is 29.5 Å². The summed E-state index contributed by atoms with van der Waals surface area (Å²) in [6.07, 6.45) is 5.67. The Morgan fingerprint density at radius 3 is 2.17 bits per heavy atom. The van der Waals surface area contributed by atoms with E-state index in [0.29, 0.717) is 24.8 Å². The number of amides is 1. The van der Waals surface area contributed by atoms with E-state index < -0.39 is 5.66 Å². The maximum absolute atomic E-state index is 13.8. The molecule has 2 aromatic carbocycles. The molecule has 0 bridgehead atoms. The Balaban J connectivity index is 1.98. The summed E-state index contributed by atoms with van der Waals surface area (Å²) in [4.78, 5) is 18.3. The maximum Gasteiger partial charge on any atom is 0.256 e. The van der Waals surface area contributed by atoms with Gasteiger partial charge in [-0.1, -0.05) is 67.8 Å². The van der Waals surface area contributed by atoms with Crippen LogP contribution in [0.15, 0.2) is 54.6 Å². The number of benzene rings is 2. The summed E-state index contributed by atoms with van der Waals surface area (Å²) in [6.45, 7) is 1.32. The highest BCUT2D eigenvalue weighted by molar-refractivity contribution is 6.18. The van der Waals surface area contributed by atoms with Crippen molar-refractivity contribution in [3.05, 3.63) is 71.3 Å². The fourth-order valence-corrected chi connectivity index (χ4v) is 5.67. The fraction of sp³-hybridized carbons (Fsp3) is 0.458. The zero-order chi connectivity index (χ0) is 20.3. The smallest absolute Gasteiger partial charge is 0.256 e. The molecule has 1 aliphatic heterocycles. The molecule has 0 unspecified atom stereocenters. The standard InChI is InChI=1S/C24H28Cl2N2O/c25-15-17-27(18-16-26)24(19-9-3-1-4-10-19)22-14-8-7-13-21(22)23(29)28(24)20-11-5-2-6-12-20/h1,3-4,7-10,13-14,20H,2,5-6,11-12,15-18H2/t24-/m0/s1. The number of nitrogens with zero attached hydrogens (tertiary/aromatic N) is 2. The average Bonchev–Trinajstić information content (AvgIpc) is 3.04. The van der Waals surface area contributed by atoms with Gasteiger partial charge >= 0.3 is 0 Å². The van der Waals surface area contributed by atoms with Crippen LogP contribution in [0.4, 0.5) is 0 Å². The van der Waals surface area contributed by atoms with Crippen molar-refractivity contribution in [3.63, 3.8) is 0 Å². The molecule has 2 aliphatic rings. The van der Waals surface area contributed by atoms with Crippen LogP contribution in [0.1, 0.15) is 53.6 Å². The normalized spacial score (nSPS) is 22.3. The Morgan fingerprint density at radius 1 is 0.897 bits per heavy atom. The predicted molar refractivity (Wildman–Crippen MR) is 120 cm³/mol. The summed E-state index contributed by atoms with van der Waals surface area (Å²) in [5, 5.41) is 0. The van der Waals surface area contributed by atoms with Crippen LogP contribution in [0.5, 0.6) is 0 Å². The molecule has 1 heterocycles. The van der Waals surface area contributed by atoms with E-state index in [2.05, 4.69) is 40.1 Å². The summed E-state index contributed by atoms with van der Waals surface area (Å²) in [7, 11) is 0. The number of hydrogen-bond donors (Lipinski definition) is 0. The molecule has 0 spiro atoms. The van der Waals surface area contributed by atoms with Gasteiger partial charge in [-0.2, -0.15) is 0 Å². The van der Waals surface area contributed by atoms with E-state index in [9.17, 15) is 4.79 Å². The number of hydrogen-bond acceptors (Lipinski definition) is 2. The molecule has 1 aliphatic carbocycles. The van der Waals surface area contributed by atoms with Crippen LogP contribution in [-0.2, 0) is 5.66 Å². The van der Waals surface area contributed by atoms with Crippen LogP contribution >= 0.6 is 23.2 Å². The monoisotopic (exact) mass is 430 g/mol. The van der Waals surface area contributed by atoms with Crippen molar-refractivity contribution in [1.82, 2.24) is 9.80 Å². The number of halogens is 2. The summed E-state index contributed by atoms with van der Waals surface area (Å²) in [5.41, 5.74) is 2.30. The minimum absolute atomic E-state index is 0.130. The van der Waals surface area contributed by atoms with E-state index >= 15 is 0 Å². The zero-order valence-electron chi connectivity index (χ0n) is 16.7. The first-order valence-electron chi connectivity index (χ1n) is 10.6. The molecule has 3 nitrogen and oxygen atoms in total. The number of carbonyl (C=O) groups excluding carboxylic acids is 1. The van der Waals surface area contributed by atoms with Crippen LogP contribution in [0.2, 0.25) is 0 Å².